The van der Waals surface area contributed by atoms with E-state index >= 15 is 0 Å². The Bertz CT molecular complexity index is 774. The standard InChI is InChI=1S/C21H30O11/c1-3-4-11-5-6-12(13(7-11)28-2)31-19-17(25)16(24)15(23)14(32-19)8-29-20-18(26)21(27,9-22)10-30-20/h3,5-7,14-20,22-27H,1,4,8-10H2,2H3/t14-,15-,16+,17-,18-,19-,20+,21+/m1/s1. The van der Waals surface area contributed by atoms with Crippen LogP contribution >= 0.6 is 0 Å². The second kappa shape index (κ2) is 10.4. The van der Waals surface area contributed by atoms with Crippen molar-refractivity contribution in [2.24, 2.45) is 0 Å². The van der Waals surface area contributed by atoms with Crippen molar-refractivity contribution >= 4 is 0 Å². The average molecular weight is 458 g/mol. The lowest BCUT2D eigenvalue weighted by molar-refractivity contribution is -0.289. The highest BCUT2D eigenvalue weighted by Crippen LogP contribution is 2.33. The van der Waals surface area contributed by atoms with Gasteiger partial charge in [-0.25, -0.2) is 0 Å². The van der Waals surface area contributed by atoms with E-state index in [1.165, 1.54) is 7.11 Å². The molecule has 0 unspecified atom stereocenters. The lowest BCUT2D eigenvalue weighted by Gasteiger charge is -2.40. The van der Waals surface area contributed by atoms with E-state index in [0.29, 0.717) is 12.2 Å². The predicted molar refractivity (Wildman–Crippen MR) is 108 cm³/mol. The molecule has 11 heteroatoms. The zero-order valence-electron chi connectivity index (χ0n) is 17.6. The summed E-state index contributed by atoms with van der Waals surface area (Å²) < 4.78 is 27.2. The van der Waals surface area contributed by atoms with Crippen molar-refractivity contribution in [3.63, 3.8) is 0 Å². The van der Waals surface area contributed by atoms with Crippen LogP contribution < -0.4 is 9.47 Å². The molecule has 2 saturated heterocycles. The Morgan fingerprint density at radius 1 is 1.12 bits per heavy atom. The summed E-state index contributed by atoms with van der Waals surface area (Å²) in [5.41, 5.74) is -0.944. The van der Waals surface area contributed by atoms with Crippen molar-refractivity contribution in [2.45, 2.75) is 55.1 Å². The van der Waals surface area contributed by atoms with Gasteiger partial charge in [0.2, 0.25) is 6.29 Å². The van der Waals surface area contributed by atoms with E-state index in [-0.39, 0.29) is 19.0 Å². The third-order valence-corrected chi connectivity index (χ3v) is 5.52. The van der Waals surface area contributed by atoms with E-state index in [0.717, 1.165) is 5.56 Å². The molecule has 0 aliphatic carbocycles. The molecule has 0 radical (unpaired) electrons. The lowest BCUT2D eigenvalue weighted by atomic mass is 9.99. The van der Waals surface area contributed by atoms with Crippen molar-refractivity contribution < 1.29 is 54.3 Å². The number of hydrogen-bond acceptors (Lipinski definition) is 11. The van der Waals surface area contributed by atoms with Gasteiger partial charge in [0.25, 0.3) is 0 Å². The summed E-state index contributed by atoms with van der Waals surface area (Å²) in [7, 11) is 1.45. The number of allylic oxidation sites excluding steroid dienone is 1. The van der Waals surface area contributed by atoms with Crippen LogP contribution in [0.2, 0.25) is 0 Å². The molecule has 6 N–H and O–H groups in total. The van der Waals surface area contributed by atoms with Crippen molar-refractivity contribution in [2.75, 3.05) is 26.9 Å². The number of methoxy groups -OCH3 is 1. The quantitative estimate of drug-likeness (QED) is 0.228. The van der Waals surface area contributed by atoms with Gasteiger partial charge < -0.3 is 54.3 Å². The van der Waals surface area contributed by atoms with Gasteiger partial charge in [-0.05, 0) is 24.1 Å². The van der Waals surface area contributed by atoms with Crippen LogP contribution in [0.4, 0.5) is 0 Å². The predicted octanol–water partition coefficient (Wildman–Crippen LogP) is -1.93. The minimum Gasteiger partial charge on any atom is -0.493 e. The second-order valence-corrected chi connectivity index (χ2v) is 7.83. The Morgan fingerprint density at radius 3 is 2.50 bits per heavy atom. The molecule has 0 aromatic heterocycles. The van der Waals surface area contributed by atoms with Gasteiger partial charge >= 0.3 is 0 Å². The van der Waals surface area contributed by atoms with Crippen LogP contribution in [0.1, 0.15) is 5.56 Å². The molecule has 32 heavy (non-hydrogen) atoms. The van der Waals surface area contributed by atoms with Gasteiger partial charge in [-0.15, -0.1) is 6.58 Å². The van der Waals surface area contributed by atoms with Crippen LogP contribution in [0, 0.1) is 0 Å². The minimum atomic E-state index is -1.87. The fraction of sp³-hybridized carbons (Fsp3) is 0.619. The molecule has 11 nitrogen and oxygen atoms in total. The first-order valence-electron chi connectivity index (χ1n) is 10.1. The summed E-state index contributed by atoms with van der Waals surface area (Å²) in [6, 6.07) is 5.13. The smallest absolute Gasteiger partial charge is 0.229 e. The normalized spacial score (nSPS) is 37.3. The van der Waals surface area contributed by atoms with Crippen molar-refractivity contribution in [1.82, 2.24) is 0 Å². The molecule has 8 atom stereocenters. The summed E-state index contributed by atoms with van der Waals surface area (Å²) in [5, 5.41) is 60.2. The van der Waals surface area contributed by atoms with Crippen LogP contribution in [-0.4, -0.2) is 106 Å². The Kier molecular flexibility index (Phi) is 8.09. The largest absolute Gasteiger partial charge is 0.493 e. The minimum absolute atomic E-state index is 0.246. The highest BCUT2D eigenvalue weighted by Gasteiger charge is 2.50. The number of aliphatic hydroxyl groups excluding tert-OH is 5. The van der Waals surface area contributed by atoms with Gasteiger partial charge in [0.15, 0.2) is 17.8 Å². The van der Waals surface area contributed by atoms with Crippen molar-refractivity contribution in [3.05, 3.63) is 36.4 Å². The molecule has 2 aliphatic rings. The lowest BCUT2D eigenvalue weighted by Crippen LogP contribution is -2.60. The topological polar surface area (TPSA) is 168 Å². The second-order valence-electron chi connectivity index (χ2n) is 7.83. The average Bonchev–Trinajstić information content (AvgIpc) is 3.08. The van der Waals surface area contributed by atoms with E-state index in [9.17, 15) is 30.6 Å². The van der Waals surface area contributed by atoms with E-state index in [1.807, 2.05) is 0 Å². The summed E-state index contributed by atoms with van der Waals surface area (Å²) >= 11 is 0. The molecular weight excluding hydrogens is 428 g/mol. The third kappa shape index (κ3) is 5.06. The molecule has 2 fully saturated rings. The van der Waals surface area contributed by atoms with Crippen LogP contribution in [0.25, 0.3) is 0 Å². The Balaban J connectivity index is 1.67. The van der Waals surface area contributed by atoms with Gasteiger partial charge in [-0.1, -0.05) is 12.1 Å². The number of hydrogen-bond donors (Lipinski definition) is 6. The first kappa shape index (κ1) is 24.8. The maximum absolute atomic E-state index is 10.3. The Labute approximate surface area is 185 Å². The summed E-state index contributed by atoms with van der Waals surface area (Å²) in [5.74, 6) is 0.620. The first-order chi connectivity index (χ1) is 15.2. The fourth-order valence-electron chi connectivity index (χ4n) is 3.50. The first-order valence-corrected chi connectivity index (χ1v) is 10.1. The van der Waals surface area contributed by atoms with Crippen LogP contribution in [0.3, 0.4) is 0 Å². The zero-order valence-corrected chi connectivity index (χ0v) is 17.6. The molecule has 0 bridgehead atoms. The van der Waals surface area contributed by atoms with Gasteiger partial charge in [0.1, 0.15) is 36.1 Å². The van der Waals surface area contributed by atoms with Gasteiger partial charge in [-0.3, -0.25) is 0 Å². The van der Waals surface area contributed by atoms with Crippen LogP contribution in [0.15, 0.2) is 30.9 Å². The molecule has 0 saturated carbocycles. The summed E-state index contributed by atoms with van der Waals surface area (Å²) in [4.78, 5) is 0. The monoisotopic (exact) mass is 458 g/mol. The number of aliphatic hydroxyl groups is 6. The maximum atomic E-state index is 10.3. The Morgan fingerprint density at radius 2 is 1.88 bits per heavy atom. The van der Waals surface area contributed by atoms with Gasteiger partial charge in [0.05, 0.1) is 26.9 Å². The maximum Gasteiger partial charge on any atom is 0.229 e. The van der Waals surface area contributed by atoms with Crippen LogP contribution in [0.5, 0.6) is 11.5 Å². The van der Waals surface area contributed by atoms with E-state index in [1.54, 1.807) is 24.3 Å². The molecular formula is C21H30O11. The third-order valence-electron chi connectivity index (χ3n) is 5.52. The molecule has 1 aromatic carbocycles. The van der Waals surface area contributed by atoms with Crippen molar-refractivity contribution in [3.8, 4) is 11.5 Å². The number of benzene rings is 1. The number of rotatable bonds is 9. The van der Waals surface area contributed by atoms with E-state index in [2.05, 4.69) is 6.58 Å². The molecule has 0 amide bonds. The Hall–Kier alpha value is -1.80. The fourth-order valence-corrected chi connectivity index (χ4v) is 3.50. The molecule has 2 heterocycles. The van der Waals surface area contributed by atoms with E-state index < -0.39 is 55.3 Å². The molecule has 1 aromatic rings. The molecule has 0 spiro atoms. The van der Waals surface area contributed by atoms with Gasteiger partial charge in [-0.2, -0.15) is 0 Å². The highest BCUT2D eigenvalue weighted by atomic mass is 16.7. The highest BCUT2D eigenvalue weighted by molar-refractivity contribution is 5.43. The SMILES string of the molecule is C=CCc1ccc(O[C@@H]2O[C@H](CO[C@H]3OC[C@@](O)(CO)[C@@H]3O)[C@@H](O)[C@H](O)[C@H]2O)c(OC)c1. The zero-order chi connectivity index (χ0) is 23.5. The summed E-state index contributed by atoms with van der Waals surface area (Å²) in [6.45, 7) is 2.23. The van der Waals surface area contributed by atoms with Gasteiger partial charge in [0, 0.05) is 0 Å². The molecule has 3 rings (SSSR count). The van der Waals surface area contributed by atoms with E-state index in [4.69, 9.17) is 23.7 Å². The van der Waals surface area contributed by atoms with Crippen molar-refractivity contribution in [1.29, 1.82) is 0 Å². The molecule has 180 valence electrons. The number of ether oxygens (including phenoxy) is 5. The summed E-state index contributed by atoms with van der Waals surface area (Å²) in [6.07, 6.45) is -7.73. The molecule has 2 aliphatic heterocycles. The van der Waals surface area contributed by atoms with Crippen LogP contribution in [-0.2, 0) is 20.6 Å².